The average molecular weight is 303 g/mol. The molecule has 1 atom stereocenters. The second-order valence-electron chi connectivity index (χ2n) is 5.72. The van der Waals surface area contributed by atoms with Gasteiger partial charge < -0.3 is 19.0 Å². The van der Waals surface area contributed by atoms with E-state index < -0.39 is 6.10 Å². The molecule has 1 unspecified atom stereocenters. The van der Waals surface area contributed by atoms with Crippen molar-refractivity contribution < 1.29 is 19.0 Å². The summed E-state index contributed by atoms with van der Waals surface area (Å²) in [6, 6.07) is 9.87. The van der Waals surface area contributed by atoms with Gasteiger partial charge in [0.1, 0.15) is 11.5 Å². The van der Waals surface area contributed by atoms with Gasteiger partial charge in [-0.1, -0.05) is 6.07 Å². The third-order valence-corrected chi connectivity index (χ3v) is 3.54. The van der Waals surface area contributed by atoms with Gasteiger partial charge in [0.05, 0.1) is 12.6 Å². The average Bonchev–Trinajstić information content (AvgIpc) is 3.06. The van der Waals surface area contributed by atoms with Crippen molar-refractivity contribution in [2.45, 2.75) is 33.0 Å². The normalized spacial score (nSPS) is 14.5. The molecule has 0 bridgehead atoms. The van der Waals surface area contributed by atoms with Crippen molar-refractivity contribution in [1.82, 2.24) is 4.90 Å². The molecular formula is C17H21NO4. The molecule has 22 heavy (non-hydrogen) atoms. The Balaban J connectivity index is 1.71. The van der Waals surface area contributed by atoms with E-state index in [4.69, 9.17) is 13.9 Å². The van der Waals surface area contributed by atoms with Crippen LogP contribution in [-0.4, -0.2) is 29.4 Å². The smallest absolute Gasteiger partial charge is 0.231 e. The lowest BCUT2D eigenvalue weighted by molar-refractivity contribution is 0.113. The highest BCUT2D eigenvalue weighted by atomic mass is 16.7. The lowest BCUT2D eigenvalue weighted by Gasteiger charge is -2.23. The van der Waals surface area contributed by atoms with Crippen LogP contribution >= 0.6 is 0 Å². The minimum absolute atomic E-state index is 0.280. The third-order valence-electron chi connectivity index (χ3n) is 3.54. The standard InChI is InChI=1S/C17H21NO4/c1-12(19)8-18(10-15-5-3-13(2)22-15)9-14-4-6-16-17(7-14)21-11-20-16/h3-7,12,19H,8-11H2,1-2H3. The van der Waals surface area contributed by atoms with E-state index in [1.807, 2.05) is 37.3 Å². The molecule has 0 spiro atoms. The number of aryl methyl sites for hydroxylation is 1. The molecule has 2 heterocycles. The SMILES string of the molecule is Cc1ccc(CN(Cc2ccc3c(c2)OCO3)CC(C)O)o1. The fraction of sp³-hybridized carbons (Fsp3) is 0.412. The van der Waals surface area contributed by atoms with Crippen molar-refractivity contribution in [2.24, 2.45) is 0 Å². The highest BCUT2D eigenvalue weighted by Crippen LogP contribution is 2.32. The Kier molecular flexibility index (Phi) is 4.36. The van der Waals surface area contributed by atoms with Gasteiger partial charge >= 0.3 is 0 Å². The van der Waals surface area contributed by atoms with Gasteiger partial charge in [-0.05, 0) is 43.7 Å². The van der Waals surface area contributed by atoms with Crippen LogP contribution in [0.25, 0.3) is 0 Å². The maximum atomic E-state index is 9.72. The molecule has 1 N–H and O–H groups in total. The number of hydrogen-bond donors (Lipinski definition) is 1. The second-order valence-corrected chi connectivity index (χ2v) is 5.72. The Morgan fingerprint density at radius 3 is 2.68 bits per heavy atom. The first kappa shape index (κ1) is 14.9. The zero-order chi connectivity index (χ0) is 15.5. The van der Waals surface area contributed by atoms with Crippen molar-refractivity contribution in [3.63, 3.8) is 0 Å². The van der Waals surface area contributed by atoms with Gasteiger partial charge in [-0.25, -0.2) is 0 Å². The van der Waals surface area contributed by atoms with E-state index in [1.54, 1.807) is 6.92 Å². The molecule has 1 aromatic heterocycles. The molecular weight excluding hydrogens is 282 g/mol. The Bertz CT molecular complexity index is 635. The first-order valence-corrected chi connectivity index (χ1v) is 7.44. The molecule has 1 aromatic carbocycles. The van der Waals surface area contributed by atoms with Crippen LogP contribution in [0, 0.1) is 6.92 Å². The molecule has 1 aliphatic heterocycles. The summed E-state index contributed by atoms with van der Waals surface area (Å²) in [6.07, 6.45) is -0.398. The van der Waals surface area contributed by atoms with Gasteiger partial charge in [-0.15, -0.1) is 0 Å². The van der Waals surface area contributed by atoms with Crippen LogP contribution in [0.3, 0.4) is 0 Å². The first-order chi connectivity index (χ1) is 10.6. The topological polar surface area (TPSA) is 55.1 Å². The predicted molar refractivity (Wildman–Crippen MR) is 81.8 cm³/mol. The van der Waals surface area contributed by atoms with E-state index in [0.717, 1.165) is 28.6 Å². The molecule has 0 radical (unpaired) electrons. The minimum Gasteiger partial charge on any atom is -0.465 e. The molecule has 0 saturated carbocycles. The van der Waals surface area contributed by atoms with Gasteiger partial charge in [-0.2, -0.15) is 0 Å². The van der Waals surface area contributed by atoms with Crippen LogP contribution in [0.1, 0.15) is 24.0 Å². The van der Waals surface area contributed by atoms with Gasteiger partial charge in [-0.3, -0.25) is 4.90 Å². The van der Waals surface area contributed by atoms with E-state index in [9.17, 15) is 5.11 Å². The fourth-order valence-corrected chi connectivity index (χ4v) is 2.65. The van der Waals surface area contributed by atoms with E-state index in [2.05, 4.69) is 4.90 Å². The highest BCUT2D eigenvalue weighted by Gasteiger charge is 2.16. The molecule has 118 valence electrons. The lowest BCUT2D eigenvalue weighted by atomic mass is 10.1. The monoisotopic (exact) mass is 303 g/mol. The first-order valence-electron chi connectivity index (χ1n) is 7.44. The molecule has 0 aliphatic carbocycles. The minimum atomic E-state index is -0.398. The number of nitrogens with zero attached hydrogens (tertiary/aromatic N) is 1. The summed E-state index contributed by atoms with van der Waals surface area (Å²) in [5, 5.41) is 9.72. The number of aliphatic hydroxyl groups is 1. The van der Waals surface area contributed by atoms with E-state index in [1.165, 1.54) is 0 Å². The number of rotatable bonds is 6. The summed E-state index contributed by atoms with van der Waals surface area (Å²) >= 11 is 0. The number of furan rings is 1. The van der Waals surface area contributed by atoms with Gasteiger partial charge in [0.25, 0.3) is 0 Å². The number of hydrogen-bond acceptors (Lipinski definition) is 5. The summed E-state index contributed by atoms with van der Waals surface area (Å²) in [5.74, 6) is 3.37. The van der Waals surface area contributed by atoms with Crippen molar-refractivity contribution in [2.75, 3.05) is 13.3 Å². The molecule has 2 aromatic rings. The van der Waals surface area contributed by atoms with Crippen molar-refractivity contribution in [3.05, 3.63) is 47.4 Å². The Morgan fingerprint density at radius 2 is 1.95 bits per heavy atom. The highest BCUT2D eigenvalue weighted by molar-refractivity contribution is 5.44. The van der Waals surface area contributed by atoms with E-state index in [-0.39, 0.29) is 6.79 Å². The predicted octanol–water partition coefficient (Wildman–Crippen LogP) is 2.70. The Labute approximate surface area is 130 Å². The van der Waals surface area contributed by atoms with E-state index in [0.29, 0.717) is 19.6 Å². The summed E-state index contributed by atoms with van der Waals surface area (Å²) in [5.41, 5.74) is 1.12. The van der Waals surface area contributed by atoms with Gasteiger partial charge in [0.2, 0.25) is 6.79 Å². The molecule has 5 heteroatoms. The van der Waals surface area contributed by atoms with E-state index >= 15 is 0 Å². The van der Waals surface area contributed by atoms with Crippen molar-refractivity contribution in [1.29, 1.82) is 0 Å². The van der Waals surface area contributed by atoms with Gasteiger partial charge in [0.15, 0.2) is 11.5 Å². The third kappa shape index (κ3) is 3.61. The molecule has 1 aliphatic rings. The van der Waals surface area contributed by atoms with Crippen LogP contribution in [0.2, 0.25) is 0 Å². The fourth-order valence-electron chi connectivity index (χ4n) is 2.65. The summed E-state index contributed by atoms with van der Waals surface area (Å²) in [4.78, 5) is 2.15. The summed E-state index contributed by atoms with van der Waals surface area (Å²) in [7, 11) is 0. The molecule has 0 amide bonds. The molecule has 0 fully saturated rings. The van der Waals surface area contributed by atoms with Crippen LogP contribution in [0.15, 0.2) is 34.7 Å². The Hall–Kier alpha value is -1.98. The zero-order valence-electron chi connectivity index (χ0n) is 12.9. The lowest BCUT2D eigenvalue weighted by Crippen LogP contribution is -2.30. The van der Waals surface area contributed by atoms with Crippen LogP contribution < -0.4 is 9.47 Å². The van der Waals surface area contributed by atoms with Gasteiger partial charge in [0, 0.05) is 13.1 Å². The molecule has 0 saturated heterocycles. The van der Waals surface area contributed by atoms with Crippen LogP contribution in [-0.2, 0) is 13.1 Å². The number of benzene rings is 1. The second kappa shape index (κ2) is 6.42. The Morgan fingerprint density at radius 1 is 1.14 bits per heavy atom. The number of fused-ring (bicyclic) bond motifs is 1. The van der Waals surface area contributed by atoms with Crippen LogP contribution in [0.5, 0.6) is 11.5 Å². The zero-order valence-corrected chi connectivity index (χ0v) is 12.9. The summed E-state index contributed by atoms with van der Waals surface area (Å²) < 4.78 is 16.4. The quantitative estimate of drug-likeness (QED) is 0.889. The molecule has 3 rings (SSSR count). The van der Waals surface area contributed by atoms with Crippen LogP contribution in [0.4, 0.5) is 0 Å². The number of aliphatic hydroxyl groups excluding tert-OH is 1. The summed E-state index contributed by atoms with van der Waals surface area (Å²) in [6.45, 7) is 5.95. The molecule has 5 nitrogen and oxygen atoms in total. The number of ether oxygens (including phenoxy) is 2. The van der Waals surface area contributed by atoms with Crippen molar-refractivity contribution in [3.8, 4) is 11.5 Å². The maximum Gasteiger partial charge on any atom is 0.231 e. The van der Waals surface area contributed by atoms with Crippen molar-refractivity contribution >= 4 is 0 Å². The maximum absolute atomic E-state index is 9.72. The largest absolute Gasteiger partial charge is 0.465 e.